The predicted octanol–water partition coefficient (Wildman–Crippen LogP) is 2.28. The Morgan fingerprint density at radius 1 is 1.64 bits per heavy atom. The molecule has 1 aliphatic rings. The van der Waals surface area contributed by atoms with Crippen LogP contribution in [-0.4, -0.2) is 17.3 Å². The van der Waals surface area contributed by atoms with Crippen LogP contribution in [0.2, 0.25) is 0 Å². The van der Waals surface area contributed by atoms with Gasteiger partial charge in [0.05, 0.1) is 0 Å². The molecule has 1 fully saturated rings. The summed E-state index contributed by atoms with van der Waals surface area (Å²) < 4.78 is 9.63. The Hall–Kier alpha value is -0.440. The van der Waals surface area contributed by atoms with Gasteiger partial charge in [-0.3, -0.25) is 0 Å². The fraction of sp³-hybridized carbons (Fsp3) is 0.857. The van der Waals surface area contributed by atoms with E-state index in [2.05, 4.69) is 0 Å². The van der Waals surface area contributed by atoms with Crippen LogP contribution in [0.3, 0.4) is 0 Å². The van der Waals surface area contributed by atoms with E-state index in [1.54, 1.807) is 0 Å². The lowest BCUT2D eigenvalue weighted by Gasteiger charge is -2.20. The minimum Gasteiger partial charge on any atom is -0.425 e. The standard InChI is InChI=1S/C7H11ClO3/c1-3-5-7(8,4-2)11-6(9)10-5/h5H,3-4H2,1-2H3. The second-order valence-electron chi connectivity index (χ2n) is 2.51. The van der Waals surface area contributed by atoms with Crippen LogP contribution in [0.4, 0.5) is 4.79 Å². The smallest absolute Gasteiger partial charge is 0.425 e. The van der Waals surface area contributed by atoms with Gasteiger partial charge in [0.1, 0.15) is 0 Å². The fourth-order valence-electron chi connectivity index (χ4n) is 1.12. The van der Waals surface area contributed by atoms with E-state index in [0.717, 1.165) is 0 Å². The molecule has 0 saturated carbocycles. The number of halogens is 1. The van der Waals surface area contributed by atoms with Crippen LogP contribution in [-0.2, 0) is 9.47 Å². The lowest BCUT2D eigenvalue weighted by atomic mass is 10.1. The molecular weight excluding hydrogens is 168 g/mol. The largest absolute Gasteiger partial charge is 0.510 e. The third kappa shape index (κ3) is 1.43. The highest BCUT2D eigenvalue weighted by Crippen LogP contribution is 2.35. The number of cyclic esters (lactones) is 2. The normalized spacial score (nSPS) is 36.6. The van der Waals surface area contributed by atoms with Crippen molar-refractivity contribution in [3.63, 3.8) is 0 Å². The van der Waals surface area contributed by atoms with Crippen LogP contribution >= 0.6 is 11.6 Å². The van der Waals surface area contributed by atoms with Crippen LogP contribution in [0.25, 0.3) is 0 Å². The first kappa shape index (κ1) is 8.65. The van der Waals surface area contributed by atoms with Crippen LogP contribution in [0.5, 0.6) is 0 Å². The first-order valence-electron chi connectivity index (χ1n) is 3.71. The summed E-state index contributed by atoms with van der Waals surface area (Å²) in [5.74, 6) is 0. The molecule has 0 aromatic carbocycles. The van der Waals surface area contributed by atoms with Crippen molar-refractivity contribution in [2.24, 2.45) is 0 Å². The number of carbonyl (C=O) groups is 1. The summed E-state index contributed by atoms with van der Waals surface area (Å²) in [5.41, 5.74) is 0. The van der Waals surface area contributed by atoms with Gasteiger partial charge in [-0.1, -0.05) is 25.4 Å². The molecule has 1 heterocycles. The van der Waals surface area contributed by atoms with E-state index in [9.17, 15) is 4.79 Å². The first-order chi connectivity index (χ1) is 5.12. The van der Waals surface area contributed by atoms with Gasteiger partial charge in [-0.05, 0) is 6.42 Å². The van der Waals surface area contributed by atoms with Gasteiger partial charge in [0.15, 0.2) is 6.10 Å². The Morgan fingerprint density at radius 2 is 2.27 bits per heavy atom. The van der Waals surface area contributed by atoms with E-state index in [4.69, 9.17) is 21.1 Å². The Bertz CT molecular complexity index is 171. The number of ether oxygens (including phenoxy) is 2. The zero-order valence-electron chi connectivity index (χ0n) is 6.59. The maximum atomic E-state index is 10.7. The molecule has 1 saturated heterocycles. The number of hydrogen-bond acceptors (Lipinski definition) is 3. The molecule has 4 heteroatoms. The minimum atomic E-state index is -0.925. The Morgan fingerprint density at radius 3 is 2.64 bits per heavy atom. The maximum absolute atomic E-state index is 10.7. The lowest BCUT2D eigenvalue weighted by Crippen LogP contribution is -2.32. The third-order valence-corrected chi connectivity index (χ3v) is 2.41. The number of carbonyl (C=O) groups excluding carboxylic acids is 1. The van der Waals surface area contributed by atoms with Gasteiger partial charge < -0.3 is 9.47 Å². The minimum absolute atomic E-state index is 0.304. The molecule has 0 bridgehead atoms. The van der Waals surface area contributed by atoms with Crippen molar-refractivity contribution in [1.29, 1.82) is 0 Å². The molecular formula is C7H11ClO3. The molecule has 3 nitrogen and oxygen atoms in total. The van der Waals surface area contributed by atoms with E-state index in [1.165, 1.54) is 0 Å². The predicted molar refractivity (Wildman–Crippen MR) is 40.5 cm³/mol. The van der Waals surface area contributed by atoms with Gasteiger partial charge in [0, 0.05) is 6.42 Å². The van der Waals surface area contributed by atoms with E-state index >= 15 is 0 Å². The van der Waals surface area contributed by atoms with Gasteiger partial charge in [0.2, 0.25) is 5.06 Å². The van der Waals surface area contributed by atoms with Crippen LogP contribution < -0.4 is 0 Å². The monoisotopic (exact) mass is 178 g/mol. The molecule has 0 aliphatic carbocycles. The summed E-state index contributed by atoms with van der Waals surface area (Å²) >= 11 is 5.95. The van der Waals surface area contributed by atoms with Gasteiger partial charge in [-0.25, -0.2) is 4.79 Å². The molecule has 11 heavy (non-hydrogen) atoms. The third-order valence-electron chi connectivity index (χ3n) is 1.83. The average Bonchev–Trinajstić information content (AvgIpc) is 2.27. The van der Waals surface area contributed by atoms with Crippen molar-refractivity contribution in [2.45, 2.75) is 37.9 Å². The van der Waals surface area contributed by atoms with Gasteiger partial charge >= 0.3 is 6.16 Å². The van der Waals surface area contributed by atoms with Crippen LogP contribution in [0.1, 0.15) is 26.7 Å². The SMILES string of the molecule is CCC1OC(=O)OC1(Cl)CC. The van der Waals surface area contributed by atoms with E-state index in [0.29, 0.717) is 12.8 Å². The molecule has 2 unspecified atom stereocenters. The molecule has 0 radical (unpaired) electrons. The number of alkyl halides is 1. The molecule has 0 amide bonds. The molecule has 2 atom stereocenters. The van der Waals surface area contributed by atoms with Crippen LogP contribution in [0.15, 0.2) is 0 Å². The first-order valence-corrected chi connectivity index (χ1v) is 4.08. The summed E-state index contributed by atoms with van der Waals surface area (Å²) in [6, 6.07) is 0. The quantitative estimate of drug-likeness (QED) is 0.481. The zero-order valence-corrected chi connectivity index (χ0v) is 7.35. The molecule has 0 aromatic rings. The molecule has 1 rings (SSSR count). The van der Waals surface area contributed by atoms with Gasteiger partial charge in [0.25, 0.3) is 0 Å². The Kier molecular flexibility index (Phi) is 2.28. The summed E-state index contributed by atoms with van der Waals surface area (Å²) in [6.07, 6.45) is 0.289. The second-order valence-corrected chi connectivity index (χ2v) is 3.15. The highest BCUT2D eigenvalue weighted by molar-refractivity contribution is 6.24. The highest BCUT2D eigenvalue weighted by Gasteiger charge is 2.47. The van der Waals surface area contributed by atoms with Crippen molar-refractivity contribution >= 4 is 17.8 Å². The molecule has 0 spiro atoms. The van der Waals surface area contributed by atoms with Crippen molar-refractivity contribution in [2.75, 3.05) is 0 Å². The fourth-order valence-corrected chi connectivity index (χ4v) is 1.38. The summed E-state index contributed by atoms with van der Waals surface area (Å²) in [5, 5.41) is -0.925. The highest BCUT2D eigenvalue weighted by atomic mass is 35.5. The van der Waals surface area contributed by atoms with Gasteiger partial charge in [-0.15, -0.1) is 0 Å². The van der Waals surface area contributed by atoms with Crippen molar-refractivity contribution < 1.29 is 14.3 Å². The number of rotatable bonds is 2. The lowest BCUT2D eigenvalue weighted by molar-refractivity contribution is 0.0997. The topological polar surface area (TPSA) is 35.5 Å². The second kappa shape index (κ2) is 2.89. The summed E-state index contributed by atoms with van der Waals surface area (Å²) in [4.78, 5) is 10.7. The average molecular weight is 179 g/mol. The molecule has 64 valence electrons. The van der Waals surface area contributed by atoms with Crippen LogP contribution in [0, 0.1) is 0 Å². The van der Waals surface area contributed by atoms with Crippen molar-refractivity contribution in [1.82, 2.24) is 0 Å². The number of hydrogen-bond donors (Lipinski definition) is 0. The summed E-state index contributed by atoms with van der Waals surface area (Å²) in [7, 11) is 0. The van der Waals surface area contributed by atoms with E-state index < -0.39 is 11.2 Å². The zero-order chi connectivity index (χ0) is 8.48. The Labute approximate surface area is 70.6 Å². The van der Waals surface area contributed by atoms with Crippen molar-refractivity contribution in [3.8, 4) is 0 Å². The Balaban J connectivity index is 2.71. The molecule has 0 N–H and O–H groups in total. The van der Waals surface area contributed by atoms with Crippen molar-refractivity contribution in [3.05, 3.63) is 0 Å². The molecule has 1 aliphatic heterocycles. The maximum Gasteiger partial charge on any atom is 0.510 e. The van der Waals surface area contributed by atoms with Gasteiger partial charge in [-0.2, -0.15) is 0 Å². The summed E-state index contributed by atoms with van der Waals surface area (Å²) in [6.45, 7) is 3.76. The van der Waals surface area contributed by atoms with E-state index in [-0.39, 0.29) is 6.10 Å². The van der Waals surface area contributed by atoms with E-state index in [1.807, 2.05) is 13.8 Å². The molecule has 0 aromatic heterocycles.